The lowest BCUT2D eigenvalue weighted by molar-refractivity contribution is 0.218. The highest BCUT2D eigenvalue weighted by molar-refractivity contribution is 7.11. The highest BCUT2D eigenvalue weighted by Gasteiger charge is 2.17. The van der Waals surface area contributed by atoms with E-state index in [2.05, 4.69) is 4.98 Å². The minimum absolute atomic E-state index is 0.0602. The second-order valence-electron chi connectivity index (χ2n) is 3.35. The fourth-order valence-corrected chi connectivity index (χ4v) is 2.17. The quantitative estimate of drug-likeness (QED) is 0.877. The second-order valence-corrected chi connectivity index (χ2v) is 4.62. The van der Waals surface area contributed by atoms with Crippen LogP contribution in [0.1, 0.15) is 21.6 Å². The average molecular weight is 241 g/mol. The maximum absolute atomic E-state index is 13.4. The molecule has 16 heavy (non-hydrogen) atoms. The molecule has 1 aromatic heterocycles. The van der Waals surface area contributed by atoms with Crippen LogP contribution in [0.25, 0.3) is 0 Å². The number of benzene rings is 1. The first-order chi connectivity index (χ1) is 7.58. The topological polar surface area (TPSA) is 33.1 Å². The number of aliphatic hydroxyl groups is 1. The van der Waals surface area contributed by atoms with Crippen LogP contribution < -0.4 is 0 Å². The van der Waals surface area contributed by atoms with Crippen molar-refractivity contribution in [1.29, 1.82) is 0 Å². The maximum Gasteiger partial charge on any atom is 0.132 e. The summed E-state index contributed by atoms with van der Waals surface area (Å²) in [4.78, 5) is 4.52. The molecule has 1 atom stereocenters. The van der Waals surface area contributed by atoms with Gasteiger partial charge in [-0.15, -0.1) is 11.3 Å². The van der Waals surface area contributed by atoms with Gasteiger partial charge < -0.3 is 5.11 Å². The lowest BCUT2D eigenvalue weighted by atomic mass is 10.1. The summed E-state index contributed by atoms with van der Waals surface area (Å²) in [5.41, 5.74) is 0.0602. The Morgan fingerprint density at radius 1 is 1.38 bits per heavy atom. The molecule has 0 aliphatic heterocycles. The van der Waals surface area contributed by atoms with Crippen LogP contribution in [0.3, 0.4) is 0 Å². The van der Waals surface area contributed by atoms with Crippen molar-refractivity contribution in [2.75, 3.05) is 0 Å². The molecule has 1 unspecified atom stereocenters. The Morgan fingerprint density at radius 2 is 2.12 bits per heavy atom. The van der Waals surface area contributed by atoms with Crippen LogP contribution in [0.5, 0.6) is 0 Å². The molecule has 0 spiro atoms. The normalized spacial score (nSPS) is 12.8. The van der Waals surface area contributed by atoms with Gasteiger partial charge in [-0.2, -0.15) is 0 Å². The van der Waals surface area contributed by atoms with E-state index in [1.54, 1.807) is 6.92 Å². The minimum atomic E-state index is -1.09. The molecule has 2 nitrogen and oxygen atoms in total. The molecule has 2 rings (SSSR count). The zero-order valence-electron chi connectivity index (χ0n) is 8.45. The van der Waals surface area contributed by atoms with Crippen molar-refractivity contribution in [2.24, 2.45) is 0 Å². The Bertz CT molecular complexity index is 512. The molecule has 0 aliphatic carbocycles. The smallest absolute Gasteiger partial charge is 0.132 e. The second kappa shape index (κ2) is 4.27. The van der Waals surface area contributed by atoms with Crippen LogP contribution >= 0.6 is 11.3 Å². The summed E-state index contributed by atoms with van der Waals surface area (Å²) in [7, 11) is 0. The van der Waals surface area contributed by atoms with E-state index in [4.69, 9.17) is 0 Å². The Labute approximate surface area is 95.2 Å². The molecule has 0 saturated carbocycles. The van der Waals surface area contributed by atoms with E-state index in [9.17, 15) is 13.9 Å². The van der Waals surface area contributed by atoms with Gasteiger partial charge in [-0.25, -0.2) is 13.8 Å². The van der Waals surface area contributed by atoms with E-state index in [1.165, 1.54) is 23.6 Å². The molecule has 0 bridgehead atoms. The van der Waals surface area contributed by atoms with Gasteiger partial charge >= 0.3 is 0 Å². The summed E-state index contributed by atoms with van der Waals surface area (Å²) >= 11 is 1.28. The van der Waals surface area contributed by atoms with E-state index in [-0.39, 0.29) is 5.56 Å². The Hall–Kier alpha value is -1.33. The summed E-state index contributed by atoms with van der Waals surface area (Å²) in [6.07, 6.45) is 0.403. The first-order valence-corrected chi connectivity index (χ1v) is 5.45. The molecular weight excluding hydrogens is 232 g/mol. The number of aromatic nitrogens is 1. The molecule has 0 aliphatic rings. The molecule has 84 valence electrons. The predicted molar refractivity (Wildman–Crippen MR) is 57.3 cm³/mol. The summed E-state index contributed by atoms with van der Waals surface area (Å²) in [5, 5.41) is 10.7. The zero-order valence-corrected chi connectivity index (χ0v) is 9.26. The fraction of sp³-hybridized carbons (Fsp3) is 0.182. The van der Waals surface area contributed by atoms with Crippen molar-refractivity contribution < 1.29 is 13.9 Å². The van der Waals surface area contributed by atoms with Crippen LogP contribution in [0.15, 0.2) is 24.4 Å². The van der Waals surface area contributed by atoms with Crippen LogP contribution in [-0.4, -0.2) is 10.1 Å². The van der Waals surface area contributed by atoms with Crippen molar-refractivity contribution in [3.63, 3.8) is 0 Å². The van der Waals surface area contributed by atoms with Gasteiger partial charge in [-0.3, -0.25) is 0 Å². The van der Waals surface area contributed by atoms with Gasteiger partial charge in [0, 0.05) is 17.8 Å². The highest BCUT2D eigenvalue weighted by Crippen LogP contribution is 2.28. The molecule has 1 heterocycles. The summed E-state index contributed by atoms with van der Waals surface area (Å²) in [6, 6.07) is 3.12. The molecule has 0 radical (unpaired) electrons. The van der Waals surface area contributed by atoms with E-state index in [0.717, 1.165) is 17.1 Å². The number of hydrogen-bond acceptors (Lipinski definition) is 3. The van der Waals surface area contributed by atoms with Gasteiger partial charge in [0.25, 0.3) is 0 Å². The van der Waals surface area contributed by atoms with Crippen LogP contribution in [-0.2, 0) is 0 Å². The largest absolute Gasteiger partial charge is 0.383 e. The van der Waals surface area contributed by atoms with Crippen LogP contribution in [0.4, 0.5) is 8.78 Å². The Balaban J connectivity index is 2.37. The number of aryl methyl sites for hydroxylation is 1. The van der Waals surface area contributed by atoms with Gasteiger partial charge in [0.05, 0.1) is 9.88 Å². The van der Waals surface area contributed by atoms with Gasteiger partial charge in [-0.05, 0) is 13.0 Å². The number of aliphatic hydroxyl groups excluding tert-OH is 1. The van der Waals surface area contributed by atoms with E-state index in [1.807, 2.05) is 0 Å². The van der Waals surface area contributed by atoms with E-state index in [0.29, 0.717) is 4.88 Å². The van der Waals surface area contributed by atoms with Crippen LogP contribution in [0.2, 0.25) is 0 Å². The van der Waals surface area contributed by atoms with E-state index < -0.39 is 17.7 Å². The predicted octanol–water partition coefficient (Wildman–Crippen LogP) is 2.81. The van der Waals surface area contributed by atoms with Crippen molar-refractivity contribution in [3.8, 4) is 0 Å². The van der Waals surface area contributed by atoms with Gasteiger partial charge in [0.15, 0.2) is 0 Å². The number of rotatable bonds is 2. The summed E-state index contributed by atoms with van der Waals surface area (Å²) < 4.78 is 26.1. The minimum Gasteiger partial charge on any atom is -0.383 e. The molecule has 1 N–H and O–H groups in total. The first kappa shape index (κ1) is 11.2. The summed E-state index contributed by atoms with van der Waals surface area (Å²) in [6.45, 7) is 1.79. The van der Waals surface area contributed by atoms with Gasteiger partial charge in [0.1, 0.15) is 17.7 Å². The van der Waals surface area contributed by atoms with Crippen molar-refractivity contribution in [3.05, 3.63) is 51.5 Å². The lowest BCUT2D eigenvalue weighted by Gasteiger charge is -2.09. The Morgan fingerprint density at radius 3 is 2.69 bits per heavy atom. The van der Waals surface area contributed by atoms with Crippen molar-refractivity contribution in [2.45, 2.75) is 13.0 Å². The third kappa shape index (κ3) is 2.10. The fourth-order valence-electron chi connectivity index (χ4n) is 1.38. The van der Waals surface area contributed by atoms with Gasteiger partial charge in [-0.1, -0.05) is 6.07 Å². The maximum atomic E-state index is 13.4. The van der Waals surface area contributed by atoms with Crippen LogP contribution in [0, 0.1) is 18.6 Å². The number of hydrogen-bond donors (Lipinski definition) is 1. The molecule has 0 amide bonds. The lowest BCUT2D eigenvalue weighted by Crippen LogP contribution is -2.01. The molecule has 0 fully saturated rings. The Kier molecular flexibility index (Phi) is 2.98. The summed E-state index contributed by atoms with van der Waals surface area (Å²) in [5.74, 6) is -1.41. The zero-order chi connectivity index (χ0) is 11.7. The molecule has 0 saturated heterocycles. The SMILES string of the molecule is Cc1ncc(C(O)c2ccc(F)cc2F)s1. The highest BCUT2D eigenvalue weighted by atomic mass is 32.1. The van der Waals surface area contributed by atoms with E-state index >= 15 is 0 Å². The van der Waals surface area contributed by atoms with Crippen molar-refractivity contribution in [1.82, 2.24) is 4.98 Å². The average Bonchev–Trinajstić information content (AvgIpc) is 2.64. The third-order valence-electron chi connectivity index (χ3n) is 2.17. The molecular formula is C11H9F2NOS. The standard InChI is InChI=1S/C11H9F2NOS/c1-6-14-5-10(16-6)11(15)8-3-2-7(12)4-9(8)13/h2-5,11,15H,1H3. The number of nitrogens with zero attached hydrogens (tertiary/aromatic N) is 1. The van der Waals surface area contributed by atoms with Gasteiger partial charge in [0.2, 0.25) is 0 Å². The molecule has 1 aromatic carbocycles. The number of halogens is 2. The first-order valence-electron chi connectivity index (χ1n) is 4.63. The monoisotopic (exact) mass is 241 g/mol. The molecule has 2 aromatic rings. The third-order valence-corrected chi connectivity index (χ3v) is 3.13. The van der Waals surface area contributed by atoms with Crippen molar-refractivity contribution >= 4 is 11.3 Å². The number of thiazole rings is 1. The molecule has 5 heteroatoms.